The summed E-state index contributed by atoms with van der Waals surface area (Å²) in [6.45, 7) is 7.22. The number of unbranched alkanes of at least 4 members (excludes halogenated alkanes) is 6. The van der Waals surface area contributed by atoms with Gasteiger partial charge in [-0.15, -0.1) is 4.57 Å². The first-order chi connectivity index (χ1) is 37.2. The highest BCUT2D eigenvalue weighted by molar-refractivity contribution is 6.10. The van der Waals surface area contributed by atoms with Crippen LogP contribution in [-0.2, 0) is 0 Å². The van der Waals surface area contributed by atoms with Crippen LogP contribution in [0.15, 0.2) is 186 Å². The van der Waals surface area contributed by atoms with Crippen molar-refractivity contribution in [3.63, 3.8) is 0 Å². The molecular weight excluding hydrogens is 941 g/mol. The fraction of sp³-hybridized carbons (Fsp3) is 0.234. The van der Waals surface area contributed by atoms with Crippen LogP contribution in [0.1, 0.15) is 84.6 Å². The number of nitrogens with two attached hydrogens (primary N) is 2. The number of hydrogen-bond acceptors (Lipinski definition) is 9. The highest BCUT2D eigenvalue weighted by Gasteiger charge is 2.32. The second-order valence-corrected chi connectivity index (χ2v) is 19.9. The molecule has 0 saturated heterocycles. The van der Waals surface area contributed by atoms with Gasteiger partial charge in [-0.25, -0.2) is 9.98 Å². The molecule has 8 aromatic rings. The van der Waals surface area contributed by atoms with Crippen molar-refractivity contribution in [1.29, 1.82) is 0 Å². The summed E-state index contributed by atoms with van der Waals surface area (Å²) in [5.41, 5.74) is 30.5. The molecule has 10 rings (SSSR count). The van der Waals surface area contributed by atoms with Crippen molar-refractivity contribution in [2.45, 2.75) is 71.3 Å². The van der Waals surface area contributed by atoms with Crippen molar-refractivity contribution in [3.8, 4) is 16.8 Å². The van der Waals surface area contributed by atoms with Crippen LogP contribution in [-0.4, -0.2) is 54.7 Å². The topological polar surface area (TPSA) is 167 Å². The number of para-hydroxylation sites is 2. The first-order valence-electron chi connectivity index (χ1n) is 26.8. The van der Waals surface area contributed by atoms with Crippen molar-refractivity contribution in [1.82, 2.24) is 20.9 Å². The molecule has 384 valence electrons. The van der Waals surface area contributed by atoms with Gasteiger partial charge in [-0.1, -0.05) is 86.3 Å². The number of nitrogens with zero attached hydrogens (tertiary/aromatic N) is 4. The number of aromatic nitrogens is 2. The van der Waals surface area contributed by atoms with Gasteiger partial charge in [0, 0.05) is 90.0 Å². The van der Waals surface area contributed by atoms with Crippen LogP contribution < -0.4 is 42.2 Å². The number of anilines is 5. The number of nitrogens with one attached hydrogen (secondary N) is 4. The maximum atomic E-state index is 13.0. The SMILES string of the molecule is CC1=CC2=Nc3ccc(N)cc3N(c3ccccc3)C2C=C1NCCCCCCNC(=O)c1ccc(-c2ccc(C(=O)NCCCCCCNc3cc4c(cc3C)nc3ccc(N)cc3[n+]4-c3ccccc3)cc2)cc1. The molecule has 1 aliphatic carbocycles. The third kappa shape index (κ3) is 11.8. The molecular formula is C64H67N10O2+. The molecule has 12 nitrogen and oxygen atoms in total. The van der Waals surface area contributed by atoms with Gasteiger partial charge in [0.2, 0.25) is 16.7 Å². The summed E-state index contributed by atoms with van der Waals surface area (Å²) >= 11 is 0. The second kappa shape index (κ2) is 23.6. The van der Waals surface area contributed by atoms with Crippen molar-refractivity contribution in [2.75, 3.05) is 47.9 Å². The highest BCUT2D eigenvalue weighted by Crippen LogP contribution is 2.43. The Labute approximate surface area is 445 Å². The number of allylic oxidation sites excluding steroid dienone is 1. The van der Waals surface area contributed by atoms with E-state index in [1.54, 1.807) is 0 Å². The van der Waals surface area contributed by atoms with Crippen LogP contribution in [0, 0.1) is 6.92 Å². The number of nitrogen functional groups attached to an aromatic ring is 2. The first-order valence-corrected chi connectivity index (χ1v) is 26.8. The van der Waals surface area contributed by atoms with E-state index in [2.05, 4.69) is 105 Å². The van der Waals surface area contributed by atoms with E-state index >= 15 is 0 Å². The maximum Gasteiger partial charge on any atom is 0.251 e. The van der Waals surface area contributed by atoms with Crippen LogP contribution in [0.2, 0.25) is 0 Å². The smallest absolute Gasteiger partial charge is 0.251 e. The summed E-state index contributed by atoms with van der Waals surface area (Å²) in [6.07, 6.45) is 12.5. The Morgan fingerprint density at radius 3 is 1.79 bits per heavy atom. The van der Waals surface area contributed by atoms with E-state index in [1.807, 2.05) is 109 Å². The number of carbonyl (C=O) groups is 2. The lowest BCUT2D eigenvalue weighted by atomic mass is 9.94. The molecule has 1 atom stereocenters. The summed E-state index contributed by atoms with van der Waals surface area (Å²) in [4.78, 5) is 38.3. The number of carbonyl (C=O) groups excluding carboxylic acids is 2. The van der Waals surface area contributed by atoms with Crippen molar-refractivity contribution >= 4 is 73.7 Å². The minimum atomic E-state index is -0.0749. The fourth-order valence-electron chi connectivity index (χ4n) is 10.2. The summed E-state index contributed by atoms with van der Waals surface area (Å²) in [5.74, 6) is -0.148. The van der Waals surface area contributed by atoms with Crippen molar-refractivity contribution in [2.24, 2.45) is 4.99 Å². The zero-order valence-corrected chi connectivity index (χ0v) is 43.5. The van der Waals surface area contributed by atoms with Gasteiger partial charge >= 0.3 is 0 Å². The lowest BCUT2D eigenvalue weighted by Crippen LogP contribution is -2.41. The molecule has 8 N–H and O–H groups in total. The van der Waals surface area contributed by atoms with Gasteiger partial charge in [0.05, 0.1) is 23.1 Å². The number of hydrogen-bond donors (Lipinski definition) is 6. The van der Waals surface area contributed by atoms with Crippen LogP contribution in [0.5, 0.6) is 0 Å². The molecule has 0 saturated carbocycles. The molecule has 12 heteroatoms. The Hall–Kier alpha value is -8.77. The Balaban J connectivity index is 0.609. The van der Waals surface area contributed by atoms with Gasteiger partial charge in [0.15, 0.2) is 0 Å². The number of aryl methyl sites for hydroxylation is 1. The quantitative estimate of drug-likeness (QED) is 0.0179. The molecule has 0 spiro atoms. The van der Waals surface area contributed by atoms with E-state index in [0.717, 1.165) is 143 Å². The van der Waals surface area contributed by atoms with E-state index in [9.17, 15) is 9.59 Å². The molecule has 0 radical (unpaired) electrons. The molecule has 1 unspecified atom stereocenters. The van der Waals surface area contributed by atoms with Crippen LogP contribution >= 0.6 is 0 Å². The standard InChI is InChI=1S/C64H66N10O2/c1-43-37-57-61(73(51-17-9-7-10-18-51)59-39-49(65)29-31-53(59)71-57)41-55(43)67-33-13-3-5-15-35-69-63(75)47-25-21-45(22-26-47)46-23-27-48(28-24-46)64(76)70-36-16-6-4-14-34-68-56-42-62-58(38-44(56)2)72-54-32-30-50(66)40-60(54)74(62)52-19-11-8-12-20-52/h7-12,17-32,37-42,61,67H,3-6,13-16,33-36,65H2,1-2H3,(H4,66,68,69,70,75,76)/p+1. The minimum Gasteiger partial charge on any atom is -0.399 e. The number of fused-ring (bicyclic) bond motifs is 4. The molecule has 7 aromatic carbocycles. The van der Waals surface area contributed by atoms with Crippen molar-refractivity contribution < 1.29 is 14.2 Å². The summed E-state index contributed by atoms with van der Waals surface area (Å²) in [7, 11) is 0. The Bertz CT molecular complexity index is 3460. The van der Waals surface area contributed by atoms with Crippen LogP contribution in [0.4, 0.5) is 34.1 Å². The van der Waals surface area contributed by atoms with Gasteiger partial charge in [0.25, 0.3) is 11.8 Å². The van der Waals surface area contributed by atoms with Gasteiger partial charge in [0.1, 0.15) is 11.0 Å². The van der Waals surface area contributed by atoms with Gasteiger partial charge < -0.3 is 37.6 Å². The normalized spacial score (nSPS) is 13.8. The van der Waals surface area contributed by atoms with Gasteiger partial charge in [-0.2, -0.15) is 0 Å². The van der Waals surface area contributed by atoms with Crippen molar-refractivity contribution in [3.05, 3.63) is 198 Å². The third-order valence-electron chi connectivity index (χ3n) is 14.3. The highest BCUT2D eigenvalue weighted by atomic mass is 16.2. The van der Waals surface area contributed by atoms with Crippen LogP contribution in [0.3, 0.4) is 0 Å². The Morgan fingerprint density at radius 1 is 0.579 bits per heavy atom. The maximum absolute atomic E-state index is 13.0. The number of aliphatic imine (C=N–C) groups is 1. The van der Waals surface area contributed by atoms with E-state index < -0.39 is 0 Å². The summed E-state index contributed by atoms with van der Waals surface area (Å²) in [5, 5.41) is 13.5. The molecule has 2 aliphatic rings. The van der Waals surface area contributed by atoms with Gasteiger partial charge in [-0.05, 0) is 147 Å². The second-order valence-electron chi connectivity index (χ2n) is 19.9. The fourth-order valence-corrected chi connectivity index (χ4v) is 10.2. The van der Waals surface area contributed by atoms with E-state index in [1.165, 1.54) is 5.57 Å². The van der Waals surface area contributed by atoms with E-state index in [0.29, 0.717) is 35.6 Å². The van der Waals surface area contributed by atoms with Crippen LogP contribution in [0.25, 0.3) is 38.9 Å². The molecule has 0 fully saturated rings. The molecule has 2 heterocycles. The lowest BCUT2D eigenvalue weighted by Gasteiger charge is -2.38. The minimum absolute atomic E-state index is 0.0471. The van der Waals surface area contributed by atoms with E-state index in [4.69, 9.17) is 21.4 Å². The predicted molar refractivity (Wildman–Crippen MR) is 312 cm³/mol. The molecule has 1 aromatic heterocycles. The first kappa shape index (κ1) is 50.7. The monoisotopic (exact) mass is 1010 g/mol. The third-order valence-corrected chi connectivity index (χ3v) is 14.3. The molecule has 2 amide bonds. The Morgan fingerprint density at radius 2 is 1.14 bits per heavy atom. The summed E-state index contributed by atoms with van der Waals surface area (Å²) in [6, 6.07) is 52.1. The lowest BCUT2D eigenvalue weighted by molar-refractivity contribution is -0.538. The zero-order valence-electron chi connectivity index (χ0n) is 43.5. The largest absolute Gasteiger partial charge is 0.399 e. The van der Waals surface area contributed by atoms with E-state index in [-0.39, 0.29) is 17.9 Å². The molecule has 76 heavy (non-hydrogen) atoms. The zero-order chi connectivity index (χ0) is 52.4. The predicted octanol–water partition coefficient (Wildman–Crippen LogP) is 12.2. The Kier molecular flexibility index (Phi) is 15.8. The number of benzene rings is 7. The average Bonchev–Trinajstić information content (AvgIpc) is 3.48. The van der Waals surface area contributed by atoms with Gasteiger partial charge in [-0.3, -0.25) is 9.59 Å². The average molecular weight is 1010 g/mol. The molecule has 0 bridgehead atoms. The number of amides is 2. The summed E-state index contributed by atoms with van der Waals surface area (Å²) < 4.78 is 2.24. The number of rotatable bonds is 21. The molecule has 1 aliphatic heterocycles.